The molecule has 0 fully saturated rings. The largest absolute Gasteiger partial charge is 0.356 e. The Kier molecular flexibility index (Phi) is 6.59. The number of aryl methyl sites for hydroxylation is 3. The maximum absolute atomic E-state index is 4.41. The van der Waals surface area contributed by atoms with Gasteiger partial charge in [-0.3, -0.25) is 4.99 Å². The second-order valence-electron chi connectivity index (χ2n) is 5.61. The van der Waals surface area contributed by atoms with Gasteiger partial charge < -0.3 is 10.6 Å². The highest BCUT2D eigenvalue weighted by Gasteiger charge is 2.03. The molecule has 0 saturated carbocycles. The first-order chi connectivity index (χ1) is 11.1. The number of aliphatic imine (C=N–C) groups is 1. The third-order valence-electron chi connectivity index (χ3n) is 3.77. The van der Waals surface area contributed by atoms with Gasteiger partial charge in [-0.25, -0.2) is 4.98 Å². The molecule has 5 heteroatoms. The van der Waals surface area contributed by atoms with Crippen molar-refractivity contribution in [3.05, 3.63) is 51.0 Å². The van der Waals surface area contributed by atoms with Crippen molar-refractivity contribution in [3.63, 3.8) is 0 Å². The van der Waals surface area contributed by atoms with Gasteiger partial charge in [0.15, 0.2) is 5.96 Å². The van der Waals surface area contributed by atoms with Crippen LogP contribution in [0.1, 0.15) is 33.5 Å². The Bertz CT molecular complexity index is 661. The predicted octanol–water partition coefficient (Wildman–Crippen LogP) is 3.23. The van der Waals surface area contributed by atoms with Crippen LogP contribution in [0, 0.1) is 13.8 Å². The molecule has 2 aromatic rings. The van der Waals surface area contributed by atoms with Crippen LogP contribution in [-0.4, -0.2) is 24.5 Å². The lowest BCUT2D eigenvalue weighted by Crippen LogP contribution is -2.37. The van der Waals surface area contributed by atoms with Crippen LogP contribution >= 0.6 is 11.3 Å². The fourth-order valence-electron chi connectivity index (χ4n) is 2.42. The molecule has 0 saturated heterocycles. The second-order valence-corrected chi connectivity index (χ2v) is 6.81. The molecule has 0 aliphatic carbocycles. The number of nitrogens with one attached hydrogen (secondary N) is 2. The molecule has 0 radical (unpaired) electrons. The van der Waals surface area contributed by atoms with E-state index in [0.717, 1.165) is 30.4 Å². The standard InChI is InChI=1S/C18H26N4S/c1-5-16-11-21-17(23-16)12-22-18(19-4)20-9-8-15-7-6-13(2)10-14(15)3/h6-7,10-11H,5,8-9,12H2,1-4H3,(H2,19,20,22). The Morgan fingerprint density at radius 3 is 2.74 bits per heavy atom. The Morgan fingerprint density at radius 1 is 1.26 bits per heavy atom. The lowest BCUT2D eigenvalue weighted by molar-refractivity contribution is 0.789. The van der Waals surface area contributed by atoms with Crippen LogP contribution in [0.15, 0.2) is 29.4 Å². The first-order valence-electron chi connectivity index (χ1n) is 8.06. The summed E-state index contributed by atoms with van der Waals surface area (Å²) in [7, 11) is 1.80. The minimum absolute atomic E-state index is 0.716. The highest BCUT2D eigenvalue weighted by molar-refractivity contribution is 7.11. The van der Waals surface area contributed by atoms with Crippen molar-refractivity contribution in [2.24, 2.45) is 4.99 Å². The summed E-state index contributed by atoms with van der Waals surface area (Å²) in [6.07, 6.45) is 3.99. The Balaban J connectivity index is 1.78. The van der Waals surface area contributed by atoms with E-state index in [1.54, 1.807) is 18.4 Å². The third kappa shape index (κ3) is 5.36. The highest BCUT2D eigenvalue weighted by atomic mass is 32.1. The molecule has 0 aliphatic heterocycles. The van der Waals surface area contributed by atoms with E-state index >= 15 is 0 Å². The van der Waals surface area contributed by atoms with Crippen molar-refractivity contribution >= 4 is 17.3 Å². The van der Waals surface area contributed by atoms with E-state index in [1.807, 2.05) is 6.20 Å². The number of hydrogen-bond donors (Lipinski definition) is 2. The summed E-state index contributed by atoms with van der Waals surface area (Å²) in [4.78, 5) is 10.0. The summed E-state index contributed by atoms with van der Waals surface area (Å²) < 4.78 is 0. The molecule has 0 spiro atoms. The number of nitrogens with zero attached hydrogens (tertiary/aromatic N) is 2. The maximum Gasteiger partial charge on any atom is 0.191 e. The fraction of sp³-hybridized carbons (Fsp3) is 0.444. The van der Waals surface area contributed by atoms with Crippen LogP contribution in [0.3, 0.4) is 0 Å². The van der Waals surface area contributed by atoms with Gasteiger partial charge in [-0.15, -0.1) is 11.3 Å². The van der Waals surface area contributed by atoms with E-state index in [2.05, 4.69) is 59.6 Å². The lowest BCUT2D eigenvalue weighted by Gasteiger charge is -2.12. The topological polar surface area (TPSA) is 49.3 Å². The molecule has 1 heterocycles. The molecule has 1 aromatic carbocycles. The van der Waals surface area contributed by atoms with Gasteiger partial charge in [0.1, 0.15) is 5.01 Å². The van der Waals surface area contributed by atoms with Gasteiger partial charge in [0.05, 0.1) is 6.54 Å². The molecule has 0 aliphatic rings. The summed E-state index contributed by atoms with van der Waals surface area (Å²) >= 11 is 1.75. The molecule has 0 bridgehead atoms. The van der Waals surface area contributed by atoms with E-state index in [4.69, 9.17) is 0 Å². The summed E-state index contributed by atoms with van der Waals surface area (Å²) in [5.74, 6) is 0.822. The van der Waals surface area contributed by atoms with Gasteiger partial charge in [-0.05, 0) is 37.8 Å². The smallest absolute Gasteiger partial charge is 0.191 e. The van der Waals surface area contributed by atoms with Crippen LogP contribution in [-0.2, 0) is 19.4 Å². The van der Waals surface area contributed by atoms with Crippen molar-refractivity contribution in [1.82, 2.24) is 15.6 Å². The zero-order valence-electron chi connectivity index (χ0n) is 14.4. The van der Waals surface area contributed by atoms with E-state index in [0.29, 0.717) is 6.54 Å². The van der Waals surface area contributed by atoms with Crippen LogP contribution in [0.25, 0.3) is 0 Å². The zero-order chi connectivity index (χ0) is 16.7. The van der Waals surface area contributed by atoms with Crippen molar-refractivity contribution < 1.29 is 0 Å². The van der Waals surface area contributed by atoms with Gasteiger partial charge in [-0.2, -0.15) is 0 Å². The predicted molar refractivity (Wildman–Crippen MR) is 99.3 cm³/mol. The summed E-state index contributed by atoms with van der Waals surface area (Å²) in [5.41, 5.74) is 4.04. The number of benzene rings is 1. The summed E-state index contributed by atoms with van der Waals surface area (Å²) in [6.45, 7) is 8.03. The molecular formula is C18H26N4S. The molecule has 124 valence electrons. The maximum atomic E-state index is 4.41. The van der Waals surface area contributed by atoms with Crippen molar-refractivity contribution in [3.8, 4) is 0 Å². The Morgan fingerprint density at radius 2 is 2.09 bits per heavy atom. The fourth-order valence-corrected chi connectivity index (χ4v) is 3.22. The number of aromatic nitrogens is 1. The molecule has 2 N–H and O–H groups in total. The van der Waals surface area contributed by atoms with Crippen molar-refractivity contribution in [1.29, 1.82) is 0 Å². The quantitative estimate of drug-likeness (QED) is 0.631. The summed E-state index contributed by atoms with van der Waals surface area (Å²) in [5, 5.41) is 7.78. The number of guanidine groups is 1. The minimum Gasteiger partial charge on any atom is -0.356 e. The van der Waals surface area contributed by atoms with Crippen LogP contribution in [0.2, 0.25) is 0 Å². The van der Waals surface area contributed by atoms with Crippen molar-refractivity contribution in [2.75, 3.05) is 13.6 Å². The molecule has 1 aromatic heterocycles. The van der Waals surface area contributed by atoms with Gasteiger partial charge >= 0.3 is 0 Å². The van der Waals surface area contributed by atoms with Gasteiger partial charge in [-0.1, -0.05) is 30.7 Å². The first-order valence-corrected chi connectivity index (χ1v) is 8.88. The third-order valence-corrected chi connectivity index (χ3v) is 4.91. The average molecular weight is 331 g/mol. The minimum atomic E-state index is 0.716. The lowest BCUT2D eigenvalue weighted by atomic mass is 10.0. The summed E-state index contributed by atoms with van der Waals surface area (Å²) in [6, 6.07) is 6.61. The van der Waals surface area contributed by atoms with Gasteiger partial charge in [0.2, 0.25) is 0 Å². The molecule has 2 rings (SSSR count). The monoisotopic (exact) mass is 330 g/mol. The van der Waals surface area contributed by atoms with E-state index in [1.165, 1.54) is 21.6 Å². The Hall–Kier alpha value is -1.88. The molecular weight excluding hydrogens is 304 g/mol. The number of rotatable bonds is 6. The first kappa shape index (κ1) is 17.5. The molecule has 23 heavy (non-hydrogen) atoms. The average Bonchev–Trinajstić information content (AvgIpc) is 3.00. The Labute approximate surface area is 143 Å². The van der Waals surface area contributed by atoms with E-state index in [9.17, 15) is 0 Å². The van der Waals surface area contributed by atoms with Crippen LogP contribution in [0.4, 0.5) is 0 Å². The normalized spacial score (nSPS) is 11.6. The van der Waals surface area contributed by atoms with Gasteiger partial charge in [0, 0.05) is 24.7 Å². The van der Waals surface area contributed by atoms with Crippen LogP contribution < -0.4 is 10.6 Å². The second kappa shape index (κ2) is 8.67. The van der Waals surface area contributed by atoms with E-state index in [-0.39, 0.29) is 0 Å². The molecule has 0 amide bonds. The highest BCUT2D eigenvalue weighted by Crippen LogP contribution is 2.13. The number of thiazole rings is 1. The molecule has 0 unspecified atom stereocenters. The van der Waals surface area contributed by atoms with Crippen LogP contribution in [0.5, 0.6) is 0 Å². The van der Waals surface area contributed by atoms with E-state index < -0.39 is 0 Å². The molecule has 0 atom stereocenters. The SMILES string of the molecule is CCc1cnc(CNC(=NC)NCCc2ccc(C)cc2C)s1. The zero-order valence-corrected chi connectivity index (χ0v) is 15.3. The molecule has 4 nitrogen and oxygen atoms in total. The van der Waals surface area contributed by atoms with Crippen molar-refractivity contribution in [2.45, 2.75) is 40.2 Å². The number of hydrogen-bond acceptors (Lipinski definition) is 3. The van der Waals surface area contributed by atoms with Gasteiger partial charge in [0.25, 0.3) is 0 Å².